The molecule has 1 atom stereocenters. The lowest BCUT2D eigenvalue weighted by Gasteiger charge is -2.13. The summed E-state index contributed by atoms with van der Waals surface area (Å²) in [6, 6.07) is 12.0. The number of benzene rings is 1. The van der Waals surface area contributed by atoms with Gasteiger partial charge in [0, 0.05) is 6.20 Å². The average Bonchev–Trinajstić information content (AvgIpc) is 2.55. The number of carbonyl (C=O) groups excluding carboxylic acids is 2. The summed E-state index contributed by atoms with van der Waals surface area (Å²) in [5.74, 6) is -0.702. The number of hydrogen-bond acceptors (Lipinski definition) is 6. The van der Waals surface area contributed by atoms with Gasteiger partial charge in [-0.1, -0.05) is 18.2 Å². The molecule has 0 bridgehead atoms. The molecule has 1 aromatic carbocycles. The molecule has 6 heteroatoms. The molecule has 0 radical (unpaired) electrons. The summed E-state index contributed by atoms with van der Waals surface area (Å²) >= 11 is 0. The largest absolute Gasteiger partial charge is 0.466 e. The fourth-order valence-corrected chi connectivity index (χ4v) is 1.67. The number of para-hydroxylation sites is 1. The number of methoxy groups -OCH3 is 1. The van der Waals surface area contributed by atoms with E-state index in [1.54, 1.807) is 30.3 Å². The maximum Gasteiger partial charge on any atom is 0.346 e. The van der Waals surface area contributed by atoms with E-state index in [1.807, 2.05) is 6.07 Å². The van der Waals surface area contributed by atoms with E-state index in [1.165, 1.54) is 26.3 Å². The summed E-state index contributed by atoms with van der Waals surface area (Å²) in [6.07, 6.45) is 0.487. The Morgan fingerprint density at radius 2 is 1.82 bits per heavy atom. The fraction of sp³-hybridized carbons (Fsp3) is 0.188. The summed E-state index contributed by atoms with van der Waals surface area (Å²) in [7, 11) is 1.22. The first-order valence-electron chi connectivity index (χ1n) is 6.58. The third kappa shape index (κ3) is 3.82. The van der Waals surface area contributed by atoms with Crippen molar-refractivity contribution < 1.29 is 23.8 Å². The monoisotopic (exact) mass is 301 g/mol. The molecule has 0 amide bonds. The highest BCUT2D eigenvalue weighted by Crippen LogP contribution is 2.23. The van der Waals surface area contributed by atoms with Crippen molar-refractivity contribution in [3.63, 3.8) is 0 Å². The molecule has 0 N–H and O–H groups in total. The standard InChI is InChI=1S/C16H15NO5/c1-11(15(18)20-2)21-16(19)13-9-6-10-17-14(13)22-12-7-4-3-5-8-12/h3-11H,1-2H3/t11-/m1/s1. The highest BCUT2D eigenvalue weighted by atomic mass is 16.6. The molecule has 2 rings (SSSR count). The van der Waals surface area contributed by atoms with Crippen LogP contribution in [0.1, 0.15) is 17.3 Å². The lowest BCUT2D eigenvalue weighted by Crippen LogP contribution is -2.25. The first kappa shape index (κ1) is 15.5. The van der Waals surface area contributed by atoms with Crippen LogP contribution in [-0.4, -0.2) is 30.1 Å². The first-order chi connectivity index (χ1) is 10.6. The minimum Gasteiger partial charge on any atom is -0.466 e. The Morgan fingerprint density at radius 3 is 2.50 bits per heavy atom. The topological polar surface area (TPSA) is 74.7 Å². The van der Waals surface area contributed by atoms with E-state index in [0.29, 0.717) is 5.75 Å². The van der Waals surface area contributed by atoms with Crippen molar-refractivity contribution in [2.45, 2.75) is 13.0 Å². The molecule has 0 aliphatic rings. The van der Waals surface area contributed by atoms with Gasteiger partial charge in [0.2, 0.25) is 5.88 Å². The second kappa shape index (κ2) is 7.21. The quantitative estimate of drug-likeness (QED) is 0.790. The summed E-state index contributed by atoms with van der Waals surface area (Å²) in [5.41, 5.74) is 0.127. The Kier molecular flexibility index (Phi) is 5.08. The maximum absolute atomic E-state index is 12.1. The second-order valence-corrected chi connectivity index (χ2v) is 4.34. The van der Waals surface area contributed by atoms with Gasteiger partial charge < -0.3 is 14.2 Å². The number of rotatable bonds is 5. The van der Waals surface area contributed by atoms with Crippen molar-refractivity contribution in [1.82, 2.24) is 4.98 Å². The second-order valence-electron chi connectivity index (χ2n) is 4.34. The minimum atomic E-state index is -1.01. The van der Waals surface area contributed by atoms with Crippen molar-refractivity contribution in [2.75, 3.05) is 7.11 Å². The Bertz CT molecular complexity index is 657. The molecule has 0 saturated carbocycles. The molecule has 6 nitrogen and oxygen atoms in total. The predicted octanol–water partition coefficient (Wildman–Crippen LogP) is 2.59. The molecule has 0 aliphatic carbocycles. The molecule has 0 aliphatic heterocycles. The Hall–Kier alpha value is -2.89. The fourth-order valence-electron chi connectivity index (χ4n) is 1.67. The molecule has 1 aromatic heterocycles. The van der Waals surface area contributed by atoms with Crippen molar-refractivity contribution in [3.8, 4) is 11.6 Å². The SMILES string of the molecule is COC(=O)[C@@H](C)OC(=O)c1cccnc1Oc1ccccc1. The molecule has 0 spiro atoms. The lowest BCUT2D eigenvalue weighted by molar-refractivity contribution is -0.149. The molecule has 0 saturated heterocycles. The van der Waals surface area contributed by atoms with Crippen molar-refractivity contribution in [2.24, 2.45) is 0 Å². The number of carbonyl (C=O) groups is 2. The minimum absolute atomic E-state index is 0.107. The van der Waals surface area contributed by atoms with Crippen LogP contribution >= 0.6 is 0 Å². The number of esters is 2. The number of hydrogen-bond donors (Lipinski definition) is 0. The number of aromatic nitrogens is 1. The predicted molar refractivity (Wildman–Crippen MR) is 77.6 cm³/mol. The zero-order valence-electron chi connectivity index (χ0n) is 12.2. The van der Waals surface area contributed by atoms with Gasteiger partial charge in [-0.3, -0.25) is 0 Å². The molecule has 1 heterocycles. The molecular formula is C16H15NO5. The van der Waals surface area contributed by atoms with Gasteiger partial charge in [-0.2, -0.15) is 0 Å². The normalized spacial score (nSPS) is 11.4. The Labute approximate surface area is 127 Å². The highest BCUT2D eigenvalue weighted by Gasteiger charge is 2.22. The van der Waals surface area contributed by atoms with Gasteiger partial charge in [0.05, 0.1) is 7.11 Å². The van der Waals surface area contributed by atoms with E-state index in [-0.39, 0.29) is 11.4 Å². The number of ether oxygens (including phenoxy) is 3. The van der Waals surface area contributed by atoms with Gasteiger partial charge in [-0.05, 0) is 31.2 Å². The summed E-state index contributed by atoms with van der Waals surface area (Å²) in [5, 5.41) is 0. The van der Waals surface area contributed by atoms with Gasteiger partial charge in [0.15, 0.2) is 6.10 Å². The van der Waals surface area contributed by atoms with E-state index < -0.39 is 18.0 Å². The van der Waals surface area contributed by atoms with Crippen LogP contribution in [0, 0.1) is 0 Å². The van der Waals surface area contributed by atoms with Gasteiger partial charge in [0.1, 0.15) is 11.3 Å². The van der Waals surface area contributed by atoms with Gasteiger partial charge in [-0.15, -0.1) is 0 Å². The molecular weight excluding hydrogens is 286 g/mol. The molecule has 0 fully saturated rings. The summed E-state index contributed by atoms with van der Waals surface area (Å²) in [6.45, 7) is 1.43. The zero-order chi connectivity index (χ0) is 15.9. The van der Waals surface area contributed by atoms with E-state index in [9.17, 15) is 9.59 Å². The number of nitrogens with zero attached hydrogens (tertiary/aromatic N) is 1. The smallest absolute Gasteiger partial charge is 0.346 e. The molecule has 114 valence electrons. The molecule has 22 heavy (non-hydrogen) atoms. The Morgan fingerprint density at radius 1 is 1.09 bits per heavy atom. The van der Waals surface area contributed by atoms with Crippen LogP contribution in [0.5, 0.6) is 11.6 Å². The van der Waals surface area contributed by atoms with Crippen LogP contribution in [0.25, 0.3) is 0 Å². The average molecular weight is 301 g/mol. The van der Waals surface area contributed by atoms with Crippen LogP contribution in [0.3, 0.4) is 0 Å². The van der Waals surface area contributed by atoms with Crippen LogP contribution in [-0.2, 0) is 14.3 Å². The lowest BCUT2D eigenvalue weighted by atomic mass is 10.2. The van der Waals surface area contributed by atoms with Crippen LogP contribution < -0.4 is 4.74 Å². The van der Waals surface area contributed by atoms with E-state index >= 15 is 0 Å². The third-order valence-electron chi connectivity index (χ3n) is 2.77. The molecule has 0 unspecified atom stereocenters. The van der Waals surface area contributed by atoms with E-state index in [0.717, 1.165) is 0 Å². The van der Waals surface area contributed by atoms with E-state index in [4.69, 9.17) is 9.47 Å². The highest BCUT2D eigenvalue weighted by molar-refractivity contribution is 5.93. The van der Waals surface area contributed by atoms with Crippen LogP contribution in [0.4, 0.5) is 0 Å². The van der Waals surface area contributed by atoms with Crippen molar-refractivity contribution >= 4 is 11.9 Å². The van der Waals surface area contributed by atoms with Crippen molar-refractivity contribution in [3.05, 3.63) is 54.2 Å². The number of pyridine rings is 1. The van der Waals surface area contributed by atoms with Gasteiger partial charge >= 0.3 is 11.9 Å². The third-order valence-corrected chi connectivity index (χ3v) is 2.77. The Balaban J connectivity index is 2.17. The first-order valence-corrected chi connectivity index (χ1v) is 6.58. The summed E-state index contributed by atoms with van der Waals surface area (Å²) < 4.78 is 15.1. The van der Waals surface area contributed by atoms with Crippen molar-refractivity contribution in [1.29, 1.82) is 0 Å². The zero-order valence-corrected chi connectivity index (χ0v) is 12.2. The van der Waals surface area contributed by atoms with Crippen LogP contribution in [0.15, 0.2) is 48.7 Å². The van der Waals surface area contributed by atoms with Gasteiger partial charge in [-0.25, -0.2) is 14.6 Å². The molecule has 2 aromatic rings. The van der Waals surface area contributed by atoms with Gasteiger partial charge in [0.25, 0.3) is 0 Å². The summed E-state index contributed by atoms with van der Waals surface area (Å²) in [4.78, 5) is 27.5. The van der Waals surface area contributed by atoms with Crippen LogP contribution in [0.2, 0.25) is 0 Å². The van der Waals surface area contributed by atoms with E-state index in [2.05, 4.69) is 9.72 Å². The maximum atomic E-state index is 12.1.